The second kappa shape index (κ2) is 7.69. The number of para-hydroxylation sites is 1. The number of amides is 1. The van der Waals surface area contributed by atoms with Gasteiger partial charge >= 0.3 is 0 Å². The van der Waals surface area contributed by atoms with E-state index in [1.807, 2.05) is 75.4 Å². The van der Waals surface area contributed by atoms with E-state index in [0.717, 1.165) is 34.0 Å². The van der Waals surface area contributed by atoms with Crippen molar-refractivity contribution in [3.63, 3.8) is 0 Å². The van der Waals surface area contributed by atoms with E-state index < -0.39 is 5.60 Å². The van der Waals surface area contributed by atoms with Crippen molar-refractivity contribution in [2.45, 2.75) is 45.3 Å². The molecule has 1 fully saturated rings. The third kappa shape index (κ3) is 3.34. The minimum absolute atomic E-state index is 0.0523. The summed E-state index contributed by atoms with van der Waals surface area (Å²) in [5.41, 5.74) is 4.35. The number of piperidine rings is 1. The lowest BCUT2D eigenvalue weighted by Crippen LogP contribution is -2.49. The third-order valence-corrected chi connectivity index (χ3v) is 6.46. The fraction of sp³-hybridized carbons (Fsp3) is 0.385. The highest BCUT2D eigenvalue weighted by Crippen LogP contribution is 2.48. The Morgan fingerprint density at radius 1 is 1.16 bits per heavy atom. The number of imidazole rings is 1. The molecule has 32 heavy (non-hydrogen) atoms. The molecule has 3 heterocycles. The minimum atomic E-state index is -0.493. The van der Waals surface area contributed by atoms with E-state index in [9.17, 15) is 4.79 Å². The fourth-order valence-electron chi connectivity index (χ4n) is 4.85. The number of hydrogen-bond acceptors (Lipinski definition) is 4. The molecular weight excluding hydrogens is 402 g/mol. The molecule has 2 aliphatic rings. The first-order valence-corrected chi connectivity index (χ1v) is 11.2. The van der Waals surface area contributed by atoms with E-state index >= 15 is 0 Å². The molecule has 0 N–H and O–H groups in total. The maximum absolute atomic E-state index is 13.2. The number of aromatic nitrogens is 2. The molecule has 0 bridgehead atoms. The quantitative estimate of drug-likeness (QED) is 0.603. The summed E-state index contributed by atoms with van der Waals surface area (Å²) in [7, 11) is 2.02. The largest absolute Gasteiger partial charge is 0.491 e. The summed E-state index contributed by atoms with van der Waals surface area (Å²) in [6.07, 6.45) is 3.39. The van der Waals surface area contributed by atoms with Crippen molar-refractivity contribution in [2.75, 3.05) is 13.1 Å². The summed E-state index contributed by atoms with van der Waals surface area (Å²) < 4.78 is 14.5. The number of benzene rings is 2. The maximum atomic E-state index is 13.2. The molecule has 0 atom stereocenters. The Morgan fingerprint density at radius 2 is 1.91 bits per heavy atom. The molecule has 5 rings (SSSR count). The number of ether oxygens (including phenoxy) is 2. The van der Waals surface area contributed by atoms with Crippen molar-refractivity contribution in [1.82, 2.24) is 14.5 Å². The van der Waals surface area contributed by atoms with Gasteiger partial charge in [0.05, 0.1) is 18.1 Å². The number of rotatable bonds is 3. The zero-order valence-electron chi connectivity index (χ0n) is 19.1. The van der Waals surface area contributed by atoms with Crippen molar-refractivity contribution in [3.05, 3.63) is 65.6 Å². The van der Waals surface area contributed by atoms with Crippen LogP contribution in [0, 0.1) is 6.92 Å². The Hall–Kier alpha value is -3.28. The average molecular weight is 432 g/mol. The predicted molar refractivity (Wildman–Crippen MR) is 123 cm³/mol. The maximum Gasteiger partial charge on any atom is 0.253 e. The van der Waals surface area contributed by atoms with E-state index in [0.29, 0.717) is 31.5 Å². The van der Waals surface area contributed by atoms with Gasteiger partial charge in [-0.1, -0.05) is 12.1 Å². The Balaban J connectivity index is 1.36. The number of nitrogens with zero attached hydrogens (tertiary/aromatic N) is 3. The molecular formula is C26H29N3O3. The van der Waals surface area contributed by atoms with Crippen LogP contribution < -0.4 is 9.47 Å². The molecule has 0 aliphatic carbocycles. The minimum Gasteiger partial charge on any atom is -0.491 e. The van der Waals surface area contributed by atoms with Gasteiger partial charge < -0.3 is 18.9 Å². The molecule has 1 aromatic heterocycles. The molecule has 1 saturated heterocycles. The van der Waals surface area contributed by atoms with Gasteiger partial charge in [0, 0.05) is 44.1 Å². The monoisotopic (exact) mass is 431 g/mol. The summed E-state index contributed by atoms with van der Waals surface area (Å²) in [5.74, 6) is 1.77. The van der Waals surface area contributed by atoms with Crippen LogP contribution in [-0.4, -0.2) is 39.6 Å². The molecule has 3 aromatic rings. The summed E-state index contributed by atoms with van der Waals surface area (Å²) in [5, 5.41) is 0. The van der Waals surface area contributed by atoms with E-state index in [1.54, 1.807) is 0 Å². The molecule has 2 aliphatic heterocycles. The van der Waals surface area contributed by atoms with E-state index in [-0.39, 0.29) is 12.0 Å². The highest BCUT2D eigenvalue weighted by atomic mass is 16.5. The first-order valence-electron chi connectivity index (χ1n) is 11.2. The number of carbonyl (C=O) groups excluding carboxylic acids is 1. The number of fused-ring (bicyclic) bond motifs is 4. The highest BCUT2D eigenvalue weighted by Gasteiger charge is 2.46. The van der Waals surface area contributed by atoms with Crippen LogP contribution in [0.25, 0.3) is 11.3 Å². The van der Waals surface area contributed by atoms with Crippen molar-refractivity contribution >= 4 is 5.91 Å². The fourth-order valence-corrected chi connectivity index (χ4v) is 4.85. The molecule has 0 radical (unpaired) electrons. The van der Waals surface area contributed by atoms with Gasteiger partial charge in [-0.15, -0.1) is 0 Å². The number of hydrogen-bond donors (Lipinski definition) is 0. The normalized spacial score (nSPS) is 16.5. The number of likely N-dealkylation sites (tertiary alicyclic amines) is 1. The van der Waals surface area contributed by atoms with Crippen LogP contribution in [0.5, 0.6) is 11.5 Å². The number of carbonyl (C=O) groups is 1. The first kappa shape index (κ1) is 20.6. The van der Waals surface area contributed by atoms with Crippen molar-refractivity contribution in [3.8, 4) is 22.8 Å². The Kier molecular flexibility index (Phi) is 4.96. The van der Waals surface area contributed by atoms with Gasteiger partial charge in [0.2, 0.25) is 0 Å². The van der Waals surface area contributed by atoms with Gasteiger partial charge in [-0.25, -0.2) is 4.98 Å². The SMILES string of the molecule is Cc1cc(C(=O)N2CCC3(CC2)Oc2ccccc2-c2c3ncn2C)ccc1OC(C)C. The van der Waals surface area contributed by atoms with Gasteiger partial charge in [-0.3, -0.25) is 4.79 Å². The lowest BCUT2D eigenvalue weighted by atomic mass is 9.83. The number of aryl methyl sites for hydroxylation is 2. The zero-order chi connectivity index (χ0) is 22.5. The van der Waals surface area contributed by atoms with Crippen molar-refractivity contribution in [2.24, 2.45) is 7.05 Å². The molecule has 2 aromatic carbocycles. The summed E-state index contributed by atoms with van der Waals surface area (Å²) in [6.45, 7) is 7.23. The molecule has 6 heteroatoms. The van der Waals surface area contributed by atoms with E-state index in [1.165, 1.54) is 0 Å². The van der Waals surface area contributed by atoms with Gasteiger partial charge in [0.25, 0.3) is 5.91 Å². The second-order valence-electron chi connectivity index (χ2n) is 9.08. The highest BCUT2D eigenvalue weighted by molar-refractivity contribution is 5.94. The van der Waals surface area contributed by atoms with Crippen LogP contribution in [-0.2, 0) is 12.6 Å². The van der Waals surface area contributed by atoms with Gasteiger partial charge in [-0.05, 0) is 56.7 Å². The summed E-state index contributed by atoms with van der Waals surface area (Å²) in [4.78, 5) is 19.9. The molecule has 1 spiro atoms. The Labute approximate surface area is 188 Å². The lowest BCUT2D eigenvalue weighted by molar-refractivity contribution is -0.00459. The van der Waals surface area contributed by atoms with Gasteiger partial charge in [0.1, 0.15) is 17.2 Å². The van der Waals surface area contributed by atoms with Crippen LogP contribution in [0.2, 0.25) is 0 Å². The standard InChI is InChI=1S/C26H29N3O3/c1-17(2)31-21-10-9-19(15-18(21)3)25(30)29-13-11-26(12-14-29)24-23(28(4)16-27-24)20-7-5-6-8-22(20)32-26/h5-10,15-17H,11-14H2,1-4H3. The topological polar surface area (TPSA) is 56.6 Å². The summed E-state index contributed by atoms with van der Waals surface area (Å²) >= 11 is 0. The van der Waals surface area contributed by atoms with E-state index in [4.69, 9.17) is 14.5 Å². The van der Waals surface area contributed by atoms with Crippen LogP contribution >= 0.6 is 0 Å². The molecule has 6 nitrogen and oxygen atoms in total. The van der Waals surface area contributed by atoms with Crippen LogP contribution in [0.4, 0.5) is 0 Å². The average Bonchev–Trinajstić information content (AvgIpc) is 3.18. The van der Waals surface area contributed by atoms with Crippen LogP contribution in [0.1, 0.15) is 48.3 Å². The predicted octanol–water partition coefficient (Wildman–Crippen LogP) is 4.71. The van der Waals surface area contributed by atoms with Gasteiger partial charge in [0.15, 0.2) is 5.60 Å². The third-order valence-electron chi connectivity index (χ3n) is 6.46. The van der Waals surface area contributed by atoms with Crippen molar-refractivity contribution in [1.29, 1.82) is 0 Å². The lowest BCUT2D eigenvalue weighted by Gasteiger charge is -2.43. The zero-order valence-corrected chi connectivity index (χ0v) is 19.1. The molecule has 0 unspecified atom stereocenters. The van der Waals surface area contributed by atoms with Crippen molar-refractivity contribution < 1.29 is 14.3 Å². The Morgan fingerprint density at radius 3 is 2.62 bits per heavy atom. The molecule has 1 amide bonds. The summed E-state index contributed by atoms with van der Waals surface area (Å²) in [6, 6.07) is 13.8. The smallest absolute Gasteiger partial charge is 0.253 e. The second-order valence-corrected chi connectivity index (χ2v) is 9.08. The van der Waals surface area contributed by atoms with E-state index in [2.05, 4.69) is 10.6 Å². The van der Waals surface area contributed by atoms with Gasteiger partial charge in [-0.2, -0.15) is 0 Å². The molecule has 0 saturated carbocycles. The first-order chi connectivity index (χ1) is 15.4. The van der Waals surface area contributed by atoms with Crippen LogP contribution in [0.3, 0.4) is 0 Å². The molecule has 166 valence electrons. The van der Waals surface area contributed by atoms with Crippen LogP contribution in [0.15, 0.2) is 48.8 Å². The Bertz CT molecular complexity index is 1170.